The lowest BCUT2D eigenvalue weighted by Gasteiger charge is -2.14. The summed E-state index contributed by atoms with van der Waals surface area (Å²) >= 11 is 1.33. The maximum absolute atomic E-state index is 13.1. The minimum Gasteiger partial charge on any atom is -0.452 e. The summed E-state index contributed by atoms with van der Waals surface area (Å²) < 4.78 is 5.47. The zero-order chi connectivity index (χ0) is 22.6. The van der Waals surface area contributed by atoms with Crippen molar-refractivity contribution in [3.63, 3.8) is 0 Å². The van der Waals surface area contributed by atoms with Gasteiger partial charge in [0.15, 0.2) is 11.7 Å². The summed E-state index contributed by atoms with van der Waals surface area (Å²) in [6, 6.07) is 17.4. The van der Waals surface area contributed by atoms with Gasteiger partial charge in [0.05, 0.1) is 16.8 Å². The Labute approximate surface area is 195 Å². The molecule has 33 heavy (non-hydrogen) atoms. The number of aryl methyl sites for hydroxylation is 1. The second kappa shape index (κ2) is 9.50. The highest BCUT2D eigenvalue weighted by Gasteiger charge is 2.23. The third-order valence-corrected chi connectivity index (χ3v) is 6.54. The Hall–Kier alpha value is -3.58. The lowest BCUT2D eigenvalue weighted by Crippen LogP contribution is -2.22. The van der Waals surface area contributed by atoms with Gasteiger partial charge < -0.3 is 4.74 Å². The molecule has 2 aromatic carbocycles. The Balaban J connectivity index is 1.31. The van der Waals surface area contributed by atoms with Crippen molar-refractivity contribution in [1.29, 1.82) is 0 Å². The standard InChI is InChI=1S/C26H23N3O3S/c30-23(29-26-28-22(16-33-26)17-9-3-1-4-10-17)15-32-25(31)24-18-11-5-2-6-13-20(18)27-21-14-8-7-12-19(21)24/h1,3-4,7-10,12,14,16H,2,5-6,11,13,15H2,(H,28,29,30). The number of hydrogen-bond acceptors (Lipinski definition) is 6. The molecule has 0 saturated heterocycles. The van der Waals surface area contributed by atoms with Crippen LogP contribution in [0.15, 0.2) is 60.0 Å². The van der Waals surface area contributed by atoms with Gasteiger partial charge in [-0.15, -0.1) is 11.3 Å². The van der Waals surface area contributed by atoms with Crippen molar-refractivity contribution < 1.29 is 14.3 Å². The summed E-state index contributed by atoms with van der Waals surface area (Å²) in [7, 11) is 0. The quantitative estimate of drug-likeness (QED) is 0.320. The molecule has 0 radical (unpaired) electrons. The van der Waals surface area contributed by atoms with Gasteiger partial charge in [-0.25, -0.2) is 9.78 Å². The van der Waals surface area contributed by atoms with Crippen molar-refractivity contribution in [1.82, 2.24) is 9.97 Å². The number of anilines is 1. The minimum absolute atomic E-state index is 0.371. The minimum atomic E-state index is -0.481. The fraction of sp³-hybridized carbons (Fsp3) is 0.231. The average molecular weight is 458 g/mol. The normalized spacial score (nSPS) is 13.2. The smallest absolute Gasteiger partial charge is 0.339 e. The second-order valence-electron chi connectivity index (χ2n) is 8.02. The van der Waals surface area contributed by atoms with Crippen molar-refractivity contribution in [2.45, 2.75) is 32.1 Å². The van der Waals surface area contributed by atoms with Crippen LogP contribution in [0.5, 0.6) is 0 Å². The molecule has 0 unspecified atom stereocenters. The molecule has 2 aromatic heterocycles. The molecule has 1 N–H and O–H groups in total. The molecule has 0 spiro atoms. The Bertz CT molecular complexity index is 1320. The highest BCUT2D eigenvalue weighted by molar-refractivity contribution is 7.14. The first-order valence-corrected chi connectivity index (χ1v) is 12.0. The molecule has 4 aromatic rings. The number of amides is 1. The van der Waals surface area contributed by atoms with E-state index in [-0.39, 0.29) is 6.61 Å². The summed E-state index contributed by atoms with van der Waals surface area (Å²) in [5, 5.41) is 5.86. The topological polar surface area (TPSA) is 81.2 Å². The van der Waals surface area contributed by atoms with Crippen LogP contribution >= 0.6 is 11.3 Å². The lowest BCUT2D eigenvalue weighted by molar-refractivity contribution is -0.119. The molecule has 1 aliphatic rings. The van der Waals surface area contributed by atoms with E-state index in [9.17, 15) is 9.59 Å². The molecule has 1 aliphatic carbocycles. The van der Waals surface area contributed by atoms with Crippen molar-refractivity contribution in [3.05, 3.63) is 76.8 Å². The number of thiazole rings is 1. The predicted octanol–water partition coefficient (Wildman–Crippen LogP) is 5.42. The van der Waals surface area contributed by atoms with Crippen molar-refractivity contribution in [2.75, 3.05) is 11.9 Å². The molecule has 2 heterocycles. The van der Waals surface area contributed by atoms with Crippen LogP contribution in [0.25, 0.3) is 22.2 Å². The Morgan fingerprint density at radius 2 is 1.73 bits per heavy atom. The van der Waals surface area contributed by atoms with Crippen LogP contribution in [0.2, 0.25) is 0 Å². The number of carbonyl (C=O) groups is 2. The van der Waals surface area contributed by atoms with Crippen LogP contribution in [-0.2, 0) is 22.4 Å². The van der Waals surface area contributed by atoms with Gasteiger partial charge in [0.2, 0.25) is 0 Å². The summed E-state index contributed by atoms with van der Waals surface area (Å²) in [5.74, 6) is -0.896. The van der Waals surface area contributed by atoms with E-state index in [2.05, 4.69) is 10.3 Å². The van der Waals surface area contributed by atoms with E-state index in [0.717, 1.165) is 65.5 Å². The largest absolute Gasteiger partial charge is 0.452 e. The molecule has 0 atom stereocenters. The number of hydrogen-bond donors (Lipinski definition) is 1. The van der Waals surface area contributed by atoms with Crippen LogP contribution in [-0.4, -0.2) is 28.5 Å². The number of carbonyl (C=O) groups excluding carboxylic acids is 2. The fourth-order valence-corrected chi connectivity index (χ4v) is 4.95. The number of ether oxygens (including phenoxy) is 1. The van der Waals surface area contributed by atoms with E-state index in [1.165, 1.54) is 11.3 Å². The molecule has 5 rings (SSSR count). The van der Waals surface area contributed by atoms with Crippen LogP contribution in [0, 0.1) is 0 Å². The van der Waals surface area contributed by atoms with Gasteiger partial charge >= 0.3 is 5.97 Å². The molecule has 166 valence electrons. The number of para-hydroxylation sites is 1. The van der Waals surface area contributed by atoms with Crippen molar-refractivity contribution in [3.8, 4) is 11.3 Å². The van der Waals surface area contributed by atoms with E-state index in [1.807, 2.05) is 60.0 Å². The number of nitrogens with one attached hydrogen (secondary N) is 1. The van der Waals surface area contributed by atoms with Crippen LogP contribution < -0.4 is 5.32 Å². The monoisotopic (exact) mass is 457 g/mol. The zero-order valence-corrected chi connectivity index (χ0v) is 18.9. The van der Waals surface area contributed by atoms with Crippen LogP contribution in [0.4, 0.5) is 5.13 Å². The first kappa shape index (κ1) is 21.3. The van der Waals surface area contributed by atoms with Gasteiger partial charge in [-0.1, -0.05) is 55.0 Å². The average Bonchev–Trinajstić information content (AvgIpc) is 3.18. The number of nitrogens with zero attached hydrogens (tertiary/aromatic N) is 2. The summed E-state index contributed by atoms with van der Waals surface area (Å²) in [5.41, 5.74) is 5.03. The number of fused-ring (bicyclic) bond motifs is 2. The summed E-state index contributed by atoms with van der Waals surface area (Å²) in [6.07, 6.45) is 4.85. The second-order valence-corrected chi connectivity index (χ2v) is 8.88. The summed E-state index contributed by atoms with van der Waals surface area (Å²) in [4.78, 5) is 34.9. The van der Waals surface area contributed by atoms with Gasteiger partial charge in [0.25, 0.3) is 5.91 Å². The summed E-state index contributed by atoms with van der Waals surface area (Å²) in [6.45, 7) is -0.371. The number of esters is 1. The maximum atomic E-state index is 13.1. The molecule has 0 fully saturated rings. The highest BCUT2D eigenvalue weighted by atomic mass is 32.1. The van der Waals surface area contributed by atoms with Crippen LogP contribution in [0.1, 0.15) is 40.9 Å². The molecule has 1 amide bonds. The lowest BCUT2D eigenvalue weighted by atomic mass is 9.97. The molecule has 7 heteroatoms. The first-order chi connectivity index (χ1) is 16.2. The van der Waals surface area contributed by atoms with Crippen molar-refractivity contribution >= 4 is 39.2 Å². The van der Waals surface area contributed by atoms with Crippen LogP contribution in [0.3, 0.4) is 0 Å². The highest BCUT2D eigenvalue weighted by Crippen LogP contribution is 2.29. The molecule has 0 aliphatic heterocycles. The van der Waals surface area contributed by atoms with Crippen molar-refractivity contribution in [2.24, 2.45) is 0 Å². The Morgan fingerprint density at radius 3 is 2.61 bits per heavy atom. The molecular formula is C26H23N3O3S. The molecular weight excluding hydrogens is 434 g/mol. The van der Waals surface area contributed by atoms with Gasteiger partial charge in [-0.2, -0.15) is 0 Å². The van der Waals surface area contributed by atoms with E-state index < -0.39 is 11.9 Å². The SMILES string of the molecule is O=C(COC(=O)c1c2c(nc3ccccc13)CCCCC2)Nc1nc(-c2ccccc2)cs1. The van der Waals surface area contributed by atoms with Gasteiger partial charge in [-0.3, -0.25) is 15.1 Å². The molecule has 0 bridgehead atoms. The number of aromatic nitrogens is 2. The first-order valence-electron chi connectivity index (χ1n) is 11.1. The number of benzene rings is 2. The van der Waals surface area contributed by atoms with E-state index in [4.69, 9.17) is 9.72 Å². The zero-order valence-electron chi connectivity index (χ0n) is 18.0. The molecule has 0 saturated carbocycles. The third-order valence-electron chi connectivity index (χ3n) is 5.78. The Morgan fingerprint density at radius 1 is 0.939 bits per heavy atom. The Kier molecular flexibility index (Phi) is 6.13. The number of pyridine rings is 1. The van der Waals surface area contributed by atoms with E-state index in [0.29, 0.717) is 10.7 Å². The number of rotatable bonds is 5. The third kappa shape index (κ3) is 4.64. The van der Waals surface area contributed by atoms with Gasteiger partial charge in [-0.05, 0) is 37.3 Å². The van der Waals surface area contributed by atoms with E-state index in [1.54, 1.807) is 0 Å². The maximum Gasteiger partial charge on any atom is 0.339 e. The van der Waals surface area contributed by atoms with E-state index >= 15 is 0 Å². The fourth-order valence-electron chi connectivity index (χ4n) is 4.21. The predicted molar refractivity (Wildman–Crippen MR) is 129 cm³/mol. The van der Waals surface area contributed by atoms with Gasteiger partial charge in [0.1, 0.15) is 0 Å². The van der Waals surface area contributed by atoms with Gasteiger partial charge in [0, 0.05) is 22.0 Å². The molecule has 6 nitrogen and oxygen atoms in total.